The fourth-order valence-electron chi connectivity index (χ4n) is 2.28. The van der Waals surface area contributed by atoms with E-state index in [1.807, 2.05) is 30.3 Å². The van der Waals surface area contributed by atoms with Gasteiger partial charge < -0.3 is 5.32 Å². The fraction of sp³-hybridized carbons (Fsp3) is 0.389. The van der Waals surface area contributed by atoms with Gasteiger partial charge in [-0.25, -0.2) is 4.98 Å². The van der Waals surface area contributed by atoms with E-state index in [4.69, 9.17) is 0 Å². The van der Waals surface area contributed by atoms with Crippen molar-refractivity contribution in [2.24, 2.45) is 5.92 Å². The molecule has 0 fully saturated rings. The smallest absolute Gasteiger partial charge is 0.254 e. The molecular formula is C18H23N3O2. The minimum atomic E-state index is -0.213. The first kappa shape index (κ1) is 16.9. The lowest BCUT2D eigenvalue weighted by Crippen LogP contribution is -2.34. The molecule has 0 radical (unpaired) electrons. The third-order valence-electron chi connectivity index (χ3n) is 3.51. The van der Waals surface area contributed by atoms with E-state index in [9.17, 15) is 9.59 Å². The van der Waals surface area contributed by atoms with Crippen molar-refractivity contribution in [2.45, 2.75) is 33.7 Å². The maximum absolute atomic E-state index is 12.3. The summed E-state index contributed by atoms with van der Waals surface area (Å²) in [7, 11) is 0. The highest BCUT2D eigenvalue weighted by Gasteiger charge is 2.12. The van der Waals surface area contributed by atoms with Crippen LogP contribution in [0.25, 0.3) is 11.4 Å². The molecule has 2 aromatic rings. The molecule has 1 N–H and O–H groups in total. The number of amides is 1. The van der Waals surface area contributed by atoms with Crippen LogP contribution in [0, 0.1) is 12.8 Å². The second kappa shape index (κ2) is 7.72. The Hall–Kier alpha value is -2.43. The summed E-state index contributed by atoms with van der Waals surface area (Å²) in [6, 6.07) is 10.9. The van der Waals surface area contributed by atoms with Gasteiger partial charge in [-0.05, 0) is 19.3 Å². The molecular weight excluding hydrogens is 290 g/mol. The van der Waals surface area contributed by atoms with Gasteiger partial charge >= 0.3 is 0 Å². The number of nitrogens with zero attached hydrogens (tertiary/aromatic N) is 2. The molecule has 2 rings (SSSR count). The summed E-state index contributed by atoms with van der Waals surface area (Å²) in [4.78, 5) is 28.9. The van der Waals surface area contributed by atoms with Gasteiger partial charge in [0.25, 0.3) is 5.56 Å². The van der Waals surface area contributed by atoms with Crippen molar-refractivity contribution < 1.29 is 4.79 Å². The molecule has 0 bridgehead atoms. The number of nitrogens with one attached hydrogen (secondary N) is 1. The van der Waals surface area contributed by atoms with E-state index in [1.54, 1.807) is 6.92 Å². The first-order valence-corrected chi connectivity index (χ1v) is 7.88. The van der Waals surface area contributed by atoms with E-state index in [1.165, 1.54) is 10.6 Å². The molecule has 0 aliphatic carbocycles. The summed E-state index contributed by atoms with van der Waals surface area (Å²) in [5, 5.41) is 2.86. The minimum Gasteiger partial charge on any atom is -0.355 e. The Bertz CT molecular complexity index is 721. The molecule has 122 valence electrons. The van der Waals surface area contributed by atoms with E-state index < -0.39 is 0 Å². The highest BCUT2D eigenvalue weighted by Crippen LogP contribution is 2.15. The number of aryl methyl sites for hydroxylation is 1. The Morgan fingerprint density at radius 2 is 1.96 bits per heavy atom. The zero-order valence-electron chi connectivity index (χ0n) is 13.9. The molecule has 1 aromatic carbocycles. The summed E-state index contributed by atoms with van der Waals surface area (Å²) in [5.74, 6) is 0.879. The van der Waals surface area contributed by atoms with Crippen LogP contribution in [-0.4, -0.2) is 22.0 Å². The molecule has 1 aromatic heterocycles. The highest BCUT2D eigenvalue weighted by atomic mass is 16.2. The predicted molar refractivity (Wildman–Crippen MR) is 91.1 cm³/mol. The van der Waals surface area contributed by atoms with Gasteiger partial charge in [-0.3, -0.25) is 14.2 Å². The van der Waals surface area contributed by atoms with Crippen LogP contribution in [0.5, 0.6) is 0 Å². The maximum Gasteiger partial charge on any atom is 0.254 e. The van der Waals surface area contributed by atoms with Crippen molar-refractivity contribution in [1.82, 2.24) is 14.9 Å². The van der Waals surface area contributed by atoms with Gasteiger partial charge in [0.05, 0.1) is 0 Å². The summed E-state index contributed by atoms with van der Waals surface area (Å²) in [6.07, 6.45) is 0.915. The number of rotatable bonds is 6. The Balaban J connectivity index is 2.24. The van der Waals surface area contributed by atoms with Gasteiger partial charge in [0, 0.05) is 23.9 Å². The van der Waals surface area contributed by atoms with Crippen LogP contribution in [-0.2, 0) is 11.3 Å². The third kappa shape index (κ3) is 4.77. The molecule has 0 spiro atoms. The minimum absolute atomic E-state index is 0.0194. The number of aromatic nitrogens is 2. The summed E-state index contributed by atoms with van der Waals surface area (Å²) in [6.45, 7) is 6.59. The number of carbonyl (C=O) groups excluding carboxylic acids is 1. The Kier molecular flexibility index (Phi) is 5.68. The molecule has 1 amide bonds. The zero-order chi connectivity index (χ0) is 16.8. The molecule has 1 heterocycles. The largest absolute Gasteiger partial charge is 0.355 e. The second-order valence-corrected chi connectivity index (χ2v) is 6.04. The standard InChI is InChI=1S/C18H23N3O2/c1-13(2)9-10-19-16(22)12-21-17(23)11-14(3)20-18(21)15-7-5-4-6-8-15/h4-8,11,13H,9-10,12H2,1-3H3,(H,19,22). The zero-order valence-corrected chi connectivity index (χ0v) is 13.9. The van der Waals surface area contributed by atoms with Crippen molar-refractivity contribution in [3.05, 3.63) is 52.4 Å². The SMILES string of the molecule is Cc1cc(=O)n(CC(=O)NCCC(C)C)c(-c2ccccc2)n1. The van der Waals surface area contributed by atoms with Crippen molar-refractivity contribution >= 4 is 5.91 Å². The van der Waals surface area contributed by atoms with Crippen LogP contribution >= 0.6 is 0 Å². The average Bonchev–Trinajstić information content (AvgIpc) is 2.50. The summed E-state index contributed by atoms with van der Waals surface area (Å²) in [5.41, 5.74) is 1.25. The van der Waals surface area contributed by atoms with Crippen molar-refractivity contribution in [2.75, 3.05) is 6.54 Å². The highest BCUT2D eigenvalue weighted by molar-refractivity contribution is 5.76. The normalized spacial score (nSPS) is 10.8. The van der Waals surface area contributed by atoms with E-state index in [-0.39, 0.29) is 18.0 Å². The third-order valence-corrected chi connectivity index (χ3v) is 3.51. The Morgan fingerprint density at radius 1 is 1.26 bits per heavy atom. The lowest BCUT2D eigenvalue weighted by atomic mass is 10.1. The molecule has 23 heavy (non-hydrogen) atoms. The lowest BCUT2D eigenvalue weighted by Gasteiger charge is -2.13. The topological polar surface area (TPSA) is 64.0 Å². The number of carbonyl (C=O) groups is 1. The number of hydrogen-bond acceptors (Lipinski definition) is 3. The van der Waals surface area contributed by atoms with Crippen LogP contribution in [0.1, 0.15) is 26.0 Å². The fourth-order valence-corrected chi connectivity index (χ4v) is 2.28. The van der Waals surface area contributed by atoms with Gasteiger partial charge in [0.2, 0.25) is 5.91 Å². The van der Waals surface area contributed by atoms with E-state index >= 15 is 0 Å². The van der Waals surface area contributed by atoms with Crippen molar-refractivity contribution in [3.63, 3.8) is 0 Å². The lowest BCUT2D eigenvalue weighted by molar-refractivity contribution is -0.121. The van der Waals surface area contributed by atoms with Gasteiger partial charge in [-0.15, -0.1) is 0 Å². The van der Waals surface area contributed by atoms with E-state index in [0.29, 0.717) is 24.0 Å². The summed E-state index contributed by atoms with van der Waals surface area (Å²) < 4.78 is 1.42. The first-order chi connectivity index (χ1) is 11.0. The molecule has 5 nitrogen and oxygen atoms in total. The van der Waals surface area contributed by atoms with Crippen molar-refractivity contribution in [3.8, 4) is 11.4 Å². The van der Waals surface area contributed by atoms with Crippen molar-refractivity contribution in [1.29, 1.82) is 0 Å². The van der Waals surface area contributed by atoms with Crippen LogP contribution < -0.4 is 10.9 Å². The molecule has 0 atom stereocenters. The molecule has 0 aliphatic rings. The number of benzene rings is 1. The average molecular weight is 313 g/mol. The monoisotopic (exact) mass is 313 g/mol. The molecule has 0 unspecified atom stereocenters. The van der Waals surface area contributed by atoms with Gasteiger partial charge in [-0.2, -0.15) is 0 Å². The van der Waals surface area contributed by atoms with E-state index in [2.05, 4.69) is 24.1 Å². The first-order valence-electron chi connectivity index (χ1n) is 7.88. The van der Waals surface area contributed by atoms with Gasteiger partial charge in [0.1, 0.15) is 12.4 Å². The van der Waals surface area contributed by atoms with Gasteiger partial charge in [-0.1, -0.05) is 44.2 Å². The molecule has 0 aliphatic heterocycles. The second-order valence-electron chi connectivity index (χ2n) is 6.04. The molecule has 0 saturated heterocycles. The van der Waals surface area contributed by atoms with Crippen LogP contribution in [0.2, 0.25) is 0 Å². The van der Waals surface area contributed by atoms with Crippen LogP contribution in [0.15, 0.2) is 41.2 Å². The quantitative estimate of drug-likeness (QED) is 0.890. The maximum atomic E-state index is 12.3. The van der Waals surface area contributed by atoms with Crippen LogP contribution in [0.4, 0.5) is 0 Å². The Labute approximate surface area is 136 Å². The molecule has 0 saturated carbocycles. The molecule has 5 heteroatoms. The predicted octanol–water partition coefficient (Wildman–Crippen LogP) is 2.38. The Morgan fingerprint density at radius 3 is 2.61 bits per heavy atom. The summed E-state index contributed by atoms with van der Waals surface area (Å²) >= 11 is 0. The van der Waals surface area contributed by atoms with Crippen LogP contribution in [0.3, 0.4) is 0 Å². The van der Waals surface area contributed by atoms with E-state index in [0.717, 1.165) is 12.0 Å². The number of hydrogen-bond donors (Lipinski definition) is 1. The van der Waals surface area contributed by atoms with Gasteiger partial charge in [0.15, 0.2) is 0 Å².